The molecule has 0 bridgehead atoms. The Morgan fingerprint density at radius 2 is 2.05 bits per heavy atom. The molecule has 1 aromatic carbocycles. The second-order valence-corrected chi connectivity index (χ2v) is 5.16. The molecule has 1 unspecified atom stereocenters. The third kappa shape index (κ3) is 3.35. The minimum absolute atomic E-state index is 0.184. The van der Waals surface area contributed by atoms with Crippen molar-refractivity contribution in [2.45, 2.75) is 19.5 Å². The van der Waals surface area contributed by atoms with Crippen LogP contribution in [0.1, 0.15) is 24.4 Å². The van der Waals surface area contributed by atoms with Gasteiger partial charge in [0.15, 0.2) is 0 Å². The Morgan fingerprint density at radius 1 is 1.32 bits per heavy atom. The maximum Gasteiger partial charge on any atom is 0.130 e. The fourth-order valence-electron chi connectivity index (χ4n) is 2.23. The number of hydrogen-bond acceptors (Lipinski definition) is 3. The molecule has 0 amide bonds. The Kier molecular flexibility index (Phi) is 4.22. The van der Waals surface area contributed by atoms with Gasteiger partial charge in [-0.05, 0) is 32.6 Å². The van der Waals surface area contributed by atoms with Crippen LogP contribution < -0.4 is 5.32 Å². The summed E-state index contributed by atoms with van der Waals surface area (Å²) in [6.07, 6.45) is 3.80. The van der Waals surface area contributed by atoms with Crippen LogP contribution in [0.15, 0.2) is 36.7 Å². The van der Waals surface area contributed by atoms with Crippen LogP contribution in [0.5, 0.6) is 0 Å². The van der Waals surface area contributed by atoms with Crippen molar-refractivity contribution >= 4 is 5.69 Å². The van der Waals surface area contributed by atoms with Crippen LogP contribution in [0, 0.1) is 0 Å². The molecule has 2 rings (SSSR count). The van der Waals surface area contributed by atoms with E-state index in [2.05, 4.69) is 60.5 Å². The van der Waals surface area contributed by atoms with Gasteiger partial charge in [-0.2, -0.15) is 0 Å². The van der Waals surface area contributed by atoms with Crippen LogP contribution in [-0.2, 0) is 13.6 Å². The van der Waals surface area contributed by atoms with Gasteiger partial charge in [0.1, 0.15) is 5.82 Å². The molecule has 0 aliphatic carbocycles. The lowest BCUT2D eigenvalue weighted by Crippen LogP contribution is -2.16. The lowest BCUT2D eigenvalue weighted by Gasteiger charge is -2.19. The van der Waals surface area contributed by atoms with Crippen molar-refractivity contribution in [3.8, 4) is 0 Å². The topological polar surface area (TPSA) is 33.1 Å². The molecule has 0 saturated carbocycles. The quantitative estimate of drug-likeness (QED) is 0.895. The van der Waals surface area contributed by atoms with Crippen molar-refractivity contribution in [2.24, 2.45) is 7.05 Å². The minimum Gasteiger partial charge on any atom is -0.375 e. The summed E-state index contributed by atoms with van der Waals surface area (Å²) in [6, 6.07) is 8.61. The largest absolute Gasteiger partial charge is 0.375 e. The van der Waals surface area contributed by atoms with Gasteiger partial charge in [0, 0.05) is 31.7 Å². The van der Waals surface area contributed by atoms with Crippen LogP contribution in [0.3, 0.4) is 0 Å². The van der Waals surface area contributed by atoms with E-state index < -0.39 is 0 Å². The number of anilines is 1. The molecule has 19 heavy (non-hydrogen) atoms. The first-order valence-corrected chi connectivity index (χ1v) is 6.54. The van der Waals surface area contributed by atoms with E-state index in [1.54, 1.807) is 0 Å². The first-order valence-electron chi connectivity index (χ1n) is 6.54. The summed E-state index contributed by atoms with van der Waals surface area (Å²) in [5.74, 6) is 1.04. The molecule has 4 heteroatoms. The molecular formula is C15H22N4. The van der Waals surface area contributed by atoms with Gasteiger partial charge in [-0.15, -0.1) is 0 Å². The van der Waals surface area contributed by atoms with Crippen molar-refractivity contribution in [2.75, 3.05) is 19.4 Å². The van der Waals surface area contributed by atoms with Crippen LogP contribution >= 0.6 is 0 Å². The average molecular weight is 258 g/mol. The van der Waals surface area contributed by atoms with Gasteiger partial charge in [-0.1, -0.05) is 18.2 Å². The summed E-state index contributed by atoms with van der Waals surface area (Å²) >= 11 is 0. The SMILES string of the molecule is CC(Nc1ccccc1CN(C)C)c1nccn1C. The summed E-state index contributed by atoms with van der Waals surface area (Å²) < 4.78 is 2.05. The highest BCUT2D eigenvalue weighted by atomic mass is 15.1. The summed E-state index contributed by atoms with van der Waals surface area (Å²) in [6.45, 7) is 3.06. The number of nitrogens with one attached hydrogen (secondary N) is 1. The fraction of sp³-hybridized carbons (Fsp3) is 0.400. The Hall–Kier alpha value is -1.81. The predicted octanol–water partition coefficient (Wildman–Crippen LogP) is 2.65. The lowest BCUT2D eigenvalue weighted by atomic mass is 10.1. The molecule has 0 spiro atoms. The first kappa shape index (κ1) is 13.6. The van der Waals surface area contributed by atoms with Gasteiger partial charge in [0.25, 0.3) is 0 Å². The number of imidazole rings is 1. The molecular weight excluding hydrogens is 236 g/mol. The zero-order valence-corrected chi connectivity index (χ0v) is 12.1. The monoisotopic (exact) mass is 258 g/mol. The smallest absolute Gasteiger partial charge is 0.130 e. The highest BCUT2D eigenvalue weighted by molar-refractivity contribution is 5.52. The first-order chi connectivity index (χ1) is 9.08. The van der Waals surface area contributed by atoms with Crippen molar-refractivity contribution in [1.82, 2.24) is 14.5 Å². The Morgan fingerprint density at radius 3 is 2.68 bits per heavy atom. The van der Waals surface area contributed by atoms with Crippen LogP contribution in [0.4, 0.5) is 5.69 Å². The zero-order chi connectivity index (χ0) is 13.8. The number of rotatable bonds is 5. The summed E-state index contributed by atoms with van der Waals surface area (Å²) in [4.78, 5) is 6.57. The molecule has 0 saturated heterocycles. The third-order valence-electron chi connectivity index (χ3n) is 3.12. The van der Waals surface area contributed by atoms with E-state index in [0.29, 0.717) is 0 Å². The summed E-state index contributed by atoms with van der Waals surface area (Å²) in [5.41, 5.74) is 2.47. The van der Waals surface area contributed by atoms with Gasteiger partial charge in [0.2, 0.25) is 0 Å². The fourth-order valence-corrected chi connectivity index (χ4v) is 2.23. The number of para-hydroxylation sites is 1. The van der Waals surface area contributed by atoms with E-state index in [1.165, 1.54) is 11.3 Å². The van der Waals surface area contributed by atoms with E-state index in [9.17, 15) is 0 Å². The Labute approximate surface area is 115 Å². The summed E-state index contributed by atoms with van der Waals surface area (Å²) in [5, 5.41) is 3.55. The lowest BCUT2D eigenvalue weighted by molar-refractivity contribution is 0.403. The number of benzene rings is 1. The maximum atomic E-state index is 4.39. The van der Waals surface area contributed by atoms with E-state index in [-0.39, 0.29) is 6.04 Å². The Bertz CT molecular complexity index is 530. The van der Waals surface area contributed by atoms with Gasteiger partial charge >= 0.3 is 0 Å². The second kappa shape index (κ2) is 5.89. The molecule has 102 valence electrons. The van der Waals surface area contributed by atoms with E-state index in [4.69, 9.17) is 0 Å². The van der Waals surface area contributed by atoms with Gasteiger partial charge in [0.05, 0.1) is 6.04 Å². The molecule has 2 aromatic rings. The maximum absolute atomic E-state index is 4.39. The highest BCUT2D eigenvalue weighted by Gasteiger charge is 2.11. The van der Waals surface area contributed by atoms with E-state index in [1.807, 2.05) is 24.0 Å². The Balaban J connectivity index is 2.17. The van der Waals surface area contributed by atoms with Crippen LogP contribution in [-0.4, -0.2) is 28.5 Å². The standard InChI is InChI=1S/C15H22N4/c1-12(15-16-9-10-19(15)4)17-14-8-6-5-7-13(14)11-18(2)3/h5-10,12,17H,11H2,1-4H3. The number of aromatic nitrogens is 2. The summed E-state index contributed by atoms with van der Waals surface area (Å²) in [7, 11) is 6.18. The van der Waals surface area contributed by atoms with Crippen LogP contribution in [0.25, 0.3) is 0 Å². The molecule has 0 radical (unpaired) electrons. The number of nitrogens with zero attached hydrogens (tertiary/aromatic N) is 3. The molecule has 1 atom stereocenters. The number of hydrogen-bond donors (Lipinski definition) is 1. The van der Waals surface area contributed by atoms with Crippen molar-refractivity contribution in [1.29, 1.82) is 0 Å². The molecule has 0 aliphatic rings. The van der Waals surface area contributed by atoms with Gasteiger partial charge in [-0.25, -0.2) is 4.98 Å². The van der Waals surface area contributed by atoms with Gasteiger partial charge in [-0.3, -0.25) is 0 Å². The van der Waals surface area contributed by atoms with E-state index in [0.717, 1.165) is 12.4 Å². The van der Waals surface area contributed by atoms with Crippen LogP contribution in [0.2, 0.25) is 0 Å². The third-order valence-corrected chi connectivity index (χ3v) is 3.12. The van der Waals surface area contributed by atoms with Gasteiger partial charge < -0.3 is 14.8 Å². The minimum atomic E-state index is 0.184. The molecule has 1 N–H and O–H groups in total. The molecule has 0 fully saturated rings. The van der Waals surface area contributed by atoms with Crippen molar-refractivity contribution in [3.05, 3.63) is 48.0 Å². The normalized spacial score (nSPS) is 12.7. The second-order valence-electron chi connectivity index (χ2n) is 5.16. The average Bonchev–Trinajstić information content (AvgIpc) is 2.77. The highest BCUT2D eigenvalue weighted by Crippen LogP contribution is 2.22. The van der Waals surface area contributed by atoms with E-state index >= 15 is 0 Å². The zero-order valence-electron chi connectivity index (χ0n) is 12.1. The number of aryl methyl sites for hydroxylation is 1. The van der Waals surface area contributed by atoms with Crippen molar-refractivity contribution < 1.29 is 0 Å². The predicted molar refractivity (Wildman–Crippen MR) is 79.1 cm³/mol. The molecule has 1 aromatic heterocycles. The molecule has 0 aliphatic heterocycles. The molecule has 1 heterocycles. The molecule has 4 nitrogen and oxygen atoms in total. The van der Waals surface area contributed by atoms with Crippen molar-refractivity contribution in [3.63, 3.8) is 0 Å².